The Morgan fingerprint density at radius 2 is 1.96 bits per heavy atom. The molecule has 0 aliphatic carbocycles. The highest BCUT2D eigenvalue weighted by molar-refractivity contribution is 5.76. The number of likely N-dealkylation sites (tertiary alicyclic amines) is 1. The predicted octanol–water partition coefficient (Wildman–Crippen LogP) is 2.90. The lowest BCUT2D eigenvalue weighted by atomic mass is 9.92. The number of benzene rings is 1. The standard InChI is InChI=1S/C18H24FNO4/c1-22-15-10-13(14(19)11-16(15)23-2)12-20-8-7-18(5-3-9-24-18)6-4-17(20)21/h10-11H,3-9,12H2,1-2H3. The van der Waals surface area contributed by atoms with Crippen molar-refractivity contribution in [1.82, 2.24) is 4.90 Å². The summed E-state index contributed by atoms with van der Waals surface area (Å²) in [6, 6.07) is 2.91. The molecule has 1 amide bonds. The SMILES string of the molecule is COc1cc(F)c(CN2CCC3(CCCO3)CCC2=O)cc1OC. The lowest BCUT2D eigenvalue weighted by Gasteiger charge is -2.27. The Bertz CT molecular complexity index is 613. The monoisotopic (exact) mass is 337 g/mol. The van der Waals surface area contributed by atoms with Crippen LogP contribution in [0.25, 0.3) is 0 Å². The number of hydrogen-bond acceptors (Lipinski definition) is 4. The number of amides is 1. The van der Waals surface area contributed by atoms with Crippen molar-refractivity contribution < 1.29 is 23.4 Å². The van der Waals surface area contributed by atoms with Gasteiger partial charge in [0.1, 0.15) is 5.82 Å². The van der Waals surface area contributed by atoms with Crippen LogP contribution in [0.2, 0.25) is 0 Å². The van der Waals surface area contributed by atoms with E-state index in [1.54, 1.807) is 11.0 Å². The van der Waals surface area contributed by atoms with Crippen molar-refractivity contribution in [3.05, 3.63) is 23.5 Å². The molecule has 0 aromatic heterocycles. The minimum atomic E-state index is -0.392. The van der Waals surface area contributed by atoms with Gasteiger partial charge in [0.25, 0.3) is 0 Å². The van der Waals surface area contributed by atoms with Crippen LogP contribution < -0.4 is 9.47 Å². The second-order valence-electron chi connectivity index (χ2n) is 6.50. The van der Waals surface area contributed by atoms with E-state index in [1.807, 2.05) is 0 Å². The minimum Gasteiger partial charge on any atom is -0.493 e. The van der Waals surface area contributed by atoms with Crippen LogP contribution in [0.1, 0.15) is 37.7 Å². The van der Waals surface area contributed by atoms with Crippen molar-refractivity contribution in [3.63, 3.8) is 0 Å². The van der Waals surface area contributed by atoms with Crippen molar-refractivity contribution >= 4 is 5.91 Å². The Labute approximate surface area is 141 Å². The minimum absolute atomic E-state index is 0.0524. The zero-order valence-electron chi connectivity index (χ0n) is 14.3. The molecule has 1 aromatic rings. The molecule has 6 heteroatoms. The Morgan fingerprint density at radius 3 is 2.62 bits per heavy atom. The molecule has 1 spiro atoms. The topological polar surface area (TPSA) is 48.0 Å². The smallest absolute Gasteiger partial charge is 0.222 e. The van der Waals surface area contributed by atoms with Crippen molar-refractivity contribution in [3.8, 4) is 11.5 Å². The van der Waals surface area contributed by atoms with E-state index in [1.165, 1.54) is 20.3 Å². The quantitative estimate of drug-likeness (QED) is 0.848. The highest BCUT2D eigenvalue weighted by Gasteiger charge is 2.38. The van der Waals surface area contributed by atoms with Gasteiger partial charge in [0.2, 0.25) is 5.91 Å². The van der Waals surface area contributed by atoms with Gasteiger partial charge in [-0.05, 0) is 31.7 Å². The number of hydrogen-bond donors (Lipinski definition) is 0. The fraction of sp³-hybridized carbons (Fsp3) is 0.611. The largest absolute Gasteiger partial charge is 0.493 e. The van der Waals surface area contributed by atoms with Crippen LogP contribution in [0.5, 0.6) is 11.5 Å². The Balaban J connectivity index is 1.76. The normalized spacial score (nSPS) is 24.3. The van der Waals surface area contributed by atoms with Gasteiger partial charge in [0.15, 0.2) is 11.5 Å². The highest BCUT2D eigenvalue weighted by atomic mass is 19.1. The lowest BCUT2D eigenvalue weighted by molar-refractivity contribution is -0.131. The summed E-state index contributed by atoms with van der Waals surface area (Å²) in [5.41, 5.74) is 0.282. The first-order chi connectivity index (χ1) is 11.6. The number of nitrogens with zero attached hydrogens (tertiary/aromatic N) is 1. The number of methoxy groups -OCH3 is 2. The van der Waals surface area contributed by atoms with Crippen molar-refractivity contribution in [1.29, 1.82) is 0 Å². The van der Waals surface area contributed by atoms with E-state index in [2.05, 4.69) is 0 Å². The third-order valence-electron chi connectivity index (χ3n) is 5.08. The van der Waals surface area contributed by atoms with Gasteiger partial charge in [0.05, 0.1) is 19.8 Å². The maximum atomic E-state index is 14.3. The summed E-state index contributed by atoms with van der Waals surface area (Å²) in [5, 5.41) is 0. The summed E-state index contributed by atoms with van der Waals surface area (Å²) in [7, 11) is 2.98. The average molecular weight is 337 g/mol. The van der Waals surface area contributed by atoms with Gasteiger partial charge in [-0.1, -0.05) is 0 Å². The van der Waals surface area contributed by atoms with Crippen LogP contribution in [0.15, 0.2) is 12.1 Å². The molecule has 0 radical (unpaired) electrons. The molecule has 2 saturated heterocycles. The molecule has 2 aliphatic heterocycles. The van der Waals surface area contributed by atoms with E-state index in [0.29, 0.717) is 30.0 Å². The average Bonchev–Trinajstić information content (AvgIpc) is 3.00. The molecule has 0 bridgehead atoms. The molecule has 24 heavy (non-hydrogen) atoms. The molecular weight excluding hydrogens is 313 g/mol. The van der Waals surface area contributed by atoms with E-state index in [4.69, 9.17) is 14.2 Å². The van der Waals surface area contributed by atoms with Gasteiger partial charge in [-0.2, -0.15) is 0 Å². The molecule has 0 N–H and O–H groups in total. The summed E-state index contributed by atoms with van der Waals surface area (Å²) >= 11 is 0. The third kappa shape index (κ3) is 3.34. The molecule has 3 rings (SSSR count). The number of carbonyl (C=O) groups is 1. The van der Waals surface area contributed by atoms with E-state index < -0.39 is 5.82 Å². The first-order valence-electron chi connectivity index (χ1n) is 8.39. The maximum absolute atomic E-state index is 14.3. The summed E-state index contributed by atoms with van der Waals surface area (Å²) in [4.78, 5) is 14.2. The molecule has 0 saturated carbocycles. The Hall–Kier alpha value is -1.82. The molecule has 2 fully saturated rings. The lowest BCUT2D eigenvalue weighted by Crippen LogP contribution is -2.32. The van der Waals surface area contributed by atoms with Gasteiger partial charge in [0, 0.05) is 37.7 Å². The highest BCUT2D eigenvalue weighted by Crippen LogP contribution is 2.37. The fourth-order valence-electron chi connectivity index (χ4n) is 3.62. The summed E-state index contributed by atoms with van der Waals surface area (Å²) in [6.45, 7) is 1.60. The zero-order valence-corrected chi connectivity index (χ0v) is 14.3. The second kappa shape index (κ2) is 6.97. The van der Waals surface area contributed by atoms with Crippen LogP contribution in [0, 0.1) is 5.82 Å². The van der Waals surface area contributed by atoms with Gasteiger partial charge in [-0.15, -0.1) is 0 Å². The summed E-state index contributed by atoms with van der Waals surface area (Å²) < 4.78 is 30.6. The summed E-state index contributed by atoms with van der Waals surface area (Å²) in [5.74, 6) is 0.471. The molecule has 5 nitrogen and oxygen atoms in total. The number of halogens is 1. The fourth-order valence-corrected chi connectivity index (χ4v) is 3.62. The third-order valence-corrected chi connectivity index (χ3v) is 5.08. The van der Waals surface area contributed by atoms with E-state index >= 15 is 0 Å². The van der Waals surface area contributed by atoms with Crippen LogP contribution in [-0.4, -0.2) is 43.8 Å². The maximum Gasteiger partial charge on any atom is 0.222 e. The zero-order chi connectivity index (χ0) is 17.2. The summed E-state index contributed by atoms with van der Waals surface area (Å²) in [6.07, 6.45) is 4.09. The Kier molecular flexibility index (Phi) is 4.94. The van der Waals surface area contributed by atoms with Gasteiger partial charge < -0.3 is 19.1 Å². The van der Waals surface area contributed by atoms with Gasteiger partial charge in [-0.25, -0.2) is 4.39 Å². The molecule has 2 aliphatic rings. The van der Waals surface area contributed by atoms with Crippen LogP contribution in [0.4, 0.5) is 4.39 Å². The molecule has 132 valence electrons. The molecule has 1 aromatic carbocycles. The first kappa shape index (κ1) is 17.0. The molecular formula is C18H24FNO4. The van der Waals surface area contributed by atoms with Crippen molar-refractivity contribution in [2.45, 2.75) is 44.2 Å². The van der Waals surface area contributed by atoms with Crippen LogP contribution in [-0.2, 0) is 16.1 Å². The number of rotatable bonds is 4. The van der Waals surface area contributed by atoms with Gasteiger partial charge in [-0.3, -0.25) is 4.79 Å². The first-order valence-corrected chi connectivity index (χ1v) is 8.39. The predicted molar refractivity (Wildman–Crippen MR) is 86.7 cm³/mol. The van der Waals surface area contributed by atoms with E-state index in [-0.39, 0.29) is 18.1 Å². The van der Waals surface area contributed by atoms with Crippen molar-refractivity contribution in [2.75, 3.05) is 27.4 Å². The second-order valence-corrected chi connectivity index (χ2v) is 6.50. The van der Waals surface area contributed by atoms with Crippen LogP contribution in [0.3, 0.4) is 0 Å². The van der Waals surface area contributed by atoms with E-state index in [0.717, 1.165) is 32.3 Å². The van der Waals surface area contributed by atoms with Crippen molar-refractivity contribution in [2.24, 2.45) is 0 Å². The molecule has 1 atom stereocenters. The van der Waals surface area contributed by atoms with Crippen LogP contribution >= 0.6 is 0 Å². The number of carbonyl (C=O) groups excluding carboxylic acids is 1. The molecule has 1 unspecified atom stereocenters. The Morgan fingerprint density at radius 1 is 1.21 bits per heavy atom. The van der Waals surface area contributed by atoms with E-state index in [9.17, 15) is 9.18 Å². The number of ether oxygens (including phenoxy) is 3. The molecule has 2 heterocycles. The van der Waals surface area contributed by atoms with Gasteiger partial charge >= 0.3 is 0 Å².